The van der Waals surface area contributed by atoms with E-state index in [9.17, 15) is 0 Å². The standard InChI is InChI=1S/C24H32OSi2/c1-26(2,3)25-27(23-10-6-4-7-11-23,24-12-8-5-9-13-24)17-16-22-19-20-14-15-21(22)18-20/h4-15,20-22H,16-19H2,1-3H3. The SMILES string of the molecule is C[Si](C)(C)O[Si](CCC1CC2C=CC1C2)(c1ccccc1)c1ccccc1. The van der Waals surface area contributed by atoms with Crippen LogP contribution in [0.1, 0.15) is 19.3 Å². The average molecular weight is 393 g/mol. The molecule has 1 fully saturated rings. The topological polar surface area (TPSA) is 9.23 Å². The van der Waals surface area contributed by atoms with E-state index in [1.807, 2.05) is 0 Å². The molecule has 0 amide bonds. The molecule has 0 radical (unpaired) electrons. The van der Waals surface area contributed by atoms with Gasteiger partial charge in [0.1, 0.15) is 0 Å². The molecule has 27 heavy (non-hydrogen) atoms. The summed E-state index contributed by atoms with van der Waals surface area (Å²) in [5, 5.41) is 2.88. The summed E-state index contributed by atoms with van der Waals surface area (Å²) in [6.45, 7) is 7.04. The first-order valence-electron chi connectivity index (χ1n) is 10.5. The van der Waals surface area contributed by atoms with Crippen molar-refractivity contribution in [2.75, 3.05) is 0 Å². The monoisotopic (exact) mass is 392 g/mol. The predicted molar refractivity (Wildman–Crippen MR) is 121 cm³/mol. The second-order valence-electron chi connectivity index (χ2n) is 9.35. The second-order valence-corrected chi connectivity index (χ2v) is 17.7. The van der Waals surface area contributed by atoms with Crippen molar-refractivity contribution in [2.45, 2.75) is 44.9 Å². The molecule has 1 saturated carbocycles. The van der Waals surface area contributed by atoms with Gasteiger partial charge in [0.05, 0.1) is 0 Å². The van der Waals surface area contributed by atoms with Gasteiger partial charge in [-0.3, -0.25) is 0 Å². The molecule has 2 bridgehead atoms. The first kappa shape index (κ1) is 18.9. The van der Waals surface area contributed by atoms with Crippen LogP contribution in [0.4, 0.5) is 0 Å². The van der Waals surface area contributed by atoms with Crippen molar-refractivity contribution < 1.29 is 4.12 Å². The largest absolute Gasteiger partial charge is 0.449 e. The fourth-order valence-corrected chi connectivity index (χ4v) is 13.9. The van der Waals surface area contributed by atoms with E-state index in [1.54, 1.807) is 0 Å². The Hall–Kier alpha value is -1.43. The molecule has 0 N–H and O–H groups in total. The Morgan fingerprint density at radius 3 is 1.85 bits per heavy atom. The molecule has 0 spiro atoms. The van der Waals surface area contributed by atoms with Crippen molar-refractivity contribution in [1.82, 2.24) is 0 Å². The van der Waals surface area contributed by atoms with Crippen molar-refractivity contribution >= 4 is 27.0 Å². The van der Waals surface area contributed by atoms with Crippen LogP contribution in [-0.2, 0) is 4.12 Å². The Morgan fingerprint density at radius 1 is 0.815 bits per heavy atom. The van der Waals surface area contributed by atoms with E-state index in [0.29, 0.717) is 0 Å². The maximum atomic E-state index is 7.20. The summed E-state index contributed by atoms with van der Waals surface area (Å²) in [6, 6.07) is 23.5. The van der Waals surface area contributed by atoms with E-state index in [4.69, 9.17) is 4.12 Å². The van der Waals surface area contributed by atoms with Crippen LogP contribution in [0, 0.1) is 17.8 Å². The number of hydrogen-bond donors (Lipinski definition) is 0. The molecular weight excluding hydrogens is 360 g/mol. The molecule has 4 rings (SSSR count). The van der Waals surface area contributed by atoms with E-state index in [-0.39, 0.29) is 0 Å². The first-order chi connectivity index (χ1) is 13.0. The fourth-order valence-electron chi connectivity index (χ4n) is 5.18. The molecule has 1 nitrogen and oxygen atoms in total. The summed E-state index contributed by atoms with van der Waals surface area (Å²) in [6.07, 6.45) is 9.03. The molecule has 3 unspecified atom stereocenters. The molecule has 0 aliphatic heterocycles. The predicted octanol–water partition coefficient (Wildman–Crippen LogP) is 5.20. The molecule has 0 heterocycles. The number of allylic oxidation sites excluding steroid dienone is 2. The third-order valence-electron chi connectivity index (χ3n) is 6.24. The lowest BCUT2D eigenvalue weighted by Gasteiger charge is -2.39. The zero-order chi connectivity index (χ0) is 18.9. The molecule has 142 valence electrons. The summed E-state index contributed by atoms with van der Waals surface area (Å²) in [5.41, 5.74) is 0. The molecule has 3 atom stereocenters. The number of fused-ring (bicyclic) bond motifs is 2. The van der Waals surface area contributed by atoms with Crippen LogP contribution in [0.5, 0.6) is 0 Å². The third kappa shape index (κ3) is 4.05. The van der Waals surface area contributed by atoms with Gasteiger partial charge in [-0.25, -0.2) is 0 Å². The summed E-state index contributed by atoms with van der Waals surface area (Å²) >= 11 is 0. The van der Waals surface area contributed by atoms with Crippen molar-refractivity contribution in [1.29, 1.82) is 0 Å². The van der Waals surface area contributed by atoms with Crippen molar-refractivity contribution in [2.24, 2.45) is 17.8 Å². The zero-order valence-corrected chi connectivity index (χ0v) is 18.9. The maximum absolute atomic E-state index is 7.20. The van der Waals surface area contributed by atoms with Gasteiger partial charge in [-0.05, 0) is 73.1 Å². The molecule has 0 aromatic heterocycles. The van der Waals surface area contributed by atoms with Crippen LogP contribution in [0.3, 0.4) is 0 Å². The van der Waals surface area contributed by atoms with Crippen molar-refractivity contribution in [3.63, 3.8) is 0 Å². The van der Waals surface area contributed by atoms with Gasteiger partial charge < -0.3 is 4.12 Å². The molecule has 0 saturated heterocycles. The molecule has 3 heteroatoms. The number of hydrogen-bond acceptors (Lipinski definition) is 1. The van der Waals surface area contributed by atoms with E-state index in [1.165, 1.54) is 35.7 Å². The van der Waals surface area contributed by atoms with Crippen molar-refractivity contribution in [3.8, 4) is 0 Å². The highest BCUT2D eigenvalue weighted by Gasteiger charge is 2.44. The van der Waals surface area contributed by atoms with Gasteiger partial charge in [0.25, 0.3) is 0 Å². The third-order valence-corrected chi connectivity index (χ3v) is 13.6. The van der Waals surface area contributed by atoms with Gasteiger partial charge in [-0.1, -0.05) is 72.8 Å². The van der Waals surface area contributed by atoms with E-state index in [2.05, 4.69) is 92.5 Å². The van der Waals surface area contributed by atoms with Crippen LogP contribution in [-0.4, -0.2) is 16.6 Å². The summed E-state index contributed by atoms with van der Waals surface area (Å²) < 4.78 is 7.20. The van der Waals surface area contributed by atoms with Gasteiger partial charge in [-0.2, -0.15) is 0 Å². The van der Waals surface area contributed by atoms with Crippen LogP contribution >= 0.6 is 0 Å². The summed E-state index contributed by atoms with van der Waals surface area (Å²) in [4.78, 5) is 0. The van der Waals surface area contributed by atoms with Crippen LogP contribution in [0.15, 0.2) is 72.8 Å². The van der Waals surface area contributed by atoms with Gasteiger partial charge in [0, 0.05) is 0 Å². The summed E-state index contributed by atoms with van der Waals surface area (Å²) in [5.74, 6) is 2.52. The Kier molecular flexibility index (Phi) is 5.28. The van der Waals surface area contributed by atoms with Gasteiger partial charge in [0.2, 0.25) is 8.32 Å². The first-order valence-corrected chi connectivity index (χ1v) is 16.0. The number of rotatable bonds is 7. The average Bonchev–Trinajstić information content (AvgIpc) is 3.29. The van der Waals surface area contributed by atoms with Crippen LogP contribution in [0.25, 0.3) is 0 Å². The Balaban J connectivity index is 1.71. The van der Waals surface area contributed by atoms with E-state index < -0.39 is 16.6 Å². The van der Waals surface area contributed by atoms with E-state index in [0.717, 1.165) is 17.8 Å². The minimum atomic E-state index is -2.24. The number of benzene rings is 2. The van der Waals surface area contributed by atoms with Crippen LogP contribution < -0.4 is 10.4 Å². The second kappa shape index (κ2) is 7.53. The van der Waals surface area contributed by atoms with Crippen molar-refractivity contribution in [3.05, 3.63) is 72.8 Å². The Morgan fingerprint density at radius 2 is 1.41 bits per heavy atom. The lowest BCUT2D eigenvalue weighted by Crippen LogP contribution is -2.64. The minimum Gasteiger partial charge on any atom is -0.449 e. The minimum absolute atomic E-state index is 0.820. The molecule has 2 aromatic rings. The summed E-state index contributed by atoms with van der Waals surface area (Å²) in [7, 11) is -3.94. The highest BCUT2D eigenvalue weighted by Crippen LogP contribution is 2.46. The lowest BCUT2D eigenvalue weighted by molar-refractivity contribution is 0.424. The van der Waals surface area contributed by atoms with Gasteiger partial charge in [0.15, 0.2) is 8.32 Å². The smallest absolute Gasteiger partial charge is 0.245 e. The Labute approximate surface area is 166 Å². The zero-order valence-electron chi connectivity index (χ0n) is 16.9. The fraction of sp³-hybridized carbons (Fsp3) is 0.417. The van der Waals surface area contributed by atoms with Crippen LogP contribution in [0.2, 0.25) is 25.7 Å². The Bertz CT molecular complexity index is 740. The lowest BCUT2D eigenvalue weighted by atomic mass is 9.91. The quantitative estimate of drug-likeness (QED) is 0.465. The molecule has 2 aromatic carbocycles. The highest BCUT2D eigenvalue weighted by molar-refractivity contribution is 7.02. The van der Waals surface area contributed by atoms with E-state index >= 15 is 0 Å². The highest BCUT2D eigenvalue weighted by atomic mass is 28.4. The molecule has 2 aliphatic rings. The maximum Gasteiger partial charge on any atom is 0.245 e. The normalized spacial score (nSPS) is 24.5. The molecular formula is C24H32OSi2. The van der Waals surface area contributed by atoms with Gasteiger partial charge >= 0.3 is 0 Å². The van der Waals surface area contributed by atoms with Gasteiger partial charge in [-0.15, -0.1) is 0 Å². The molecule has 2 aliphatic carbocycles.